The normalized spacial score (nSPS) is 13.7. The van der Waals surface area contributed by atoms with E-state index in [0.29, 0.717) is 39.7 Å². The van der Waals surface area contributed by atoms with E-state index in [1.54, 1.807) is 0 Å². The molecular formula is C80H44N6O4. The Hall–Kier alpha value is -12.5. The van der Waals surface area contributed by atoms with Crippen molar-refractivity contribution in [3.05, 3.63) is 265 Å². The monoisotopic (exact) mass is 1150 g/mol. The fourth-order valence-corrected chi connectivity index (χ4v) is 15.6. The standard InChI is InChI=1S/C80H44N6O4/c1-43-45-19-3-11-27-58(45)83(44(2)69-55-26-10-18-34-68(55)87-77(43)69)76-74(85-60-29-13-5-24-53(60)71-63(85)39-36-50-47-21-8-16-32-66(47)89-79(50)71)56(41-81)73(84-59-28-12-4-23-52(59)70-62(84)38-35-49-46-20-7-15-31-65(46)88-78(49)70)57(42-82)75(76)86-61-30-14-6-25-54(61)72-64(86)40-37-51-48-22-9-17-33-67(48)90-80(51)72/h3-40,44H,1H2,2H3. The largest absolute Gasteiger partial charge is 0.456 e. The SMILES string of the molecule is C=C1c2ccccc2N(c2c(-n3c4ccccc4c4c5oc6ccccc6c5ccc43)c(C#N)c(-n3c4ccccc4c4c5oc6ccccc6c5ccc43)c(C#N)c2-n2c3ccccc3c3c4oc5ccccc5c4ccc32)C(C)c2c1oc1ccccc21. The van der Waals surface area contributed by atoms with Gasteiger partial charge in [-0.05, 0) is 91.9 Å². The summed E-state index contributed by atoms with van der Waals surface area (Å²) < 4.78 is 34.6. The van der Waals surface area contributed by atoms with Gasteiger partial charge in [-0.2, -0.15) is 10.5 Å². The van der Waals surface area contributed by atoms with Crippen LogP contribution in [0.3, 0.4) is 0 Å². The molecule has 8 heterocycles. The number of nitrogens with zero attached hydrogens (tertiary/aromatic N) is 6. The van der Waals surface area contributed by atoms with E-state index in [1.807, 2.05) is 91.0 Å². The highest BCUT2D eigenvalue weighted by Crippen LogP contribution is 2.57. The van der Waals surface area contributed by atoms with E-state index < -0.39 is 6.04 Å². The molecule has 10 nitrogen and oxygen atoms in total. The van der Waals surface area contributed by atoms with Gasteiger partial charge in [-0.3, -0.25) is 0 Å². The maximum Gasteiger partial charge on any atom is 0.145 e. The second kappa shape index (κ2) is 17.6. The lowest BCUT2D eigenvalue weighted by atomic mass is 9.95. The average Bonchev–Trinajstić information content (AvgIpc) is 1.47. The highest BCUT2D eigenvalue weighted by Gasteiger charge is 2.41. The highest BCUT2D eigenvalue weighted by molar-refractivity contribution is 6.28. The first-order valence-electron chi connectivity index (χ1n) is 30.1. The summed E-state index contributed by atoms with van der Waals surface area (Å²) in [5, 5.41) is 38.3. The Bertz CT molecular complexity index is 6350. The van der Waals surface area contributed by atoms with Crippen LogP contribution in [0, 0.1) is 22.7 Å². The molecule has 90 heavy (non-hydrogen) atoms. The van der Waals surface area contributed by atoms with Gasteiger partial charge in [-0.1, -0.05) is 152 Å². The first kappa shape index (κ1) is 48.7. The third-order valence-electron chi connectivity index (χ3n) is 19.3. The molecule has 7 aromatic heterocycles. The van der Waals surface area contributed by atoms with E-state index in [0.717, 1.165) is 153 Å². The van der Waals surface area contributed by atoms with Crippen LogP contribution in [-0.4, -0.2) is 13.7 Å². The lowest BCUT2D eigenvalue weighted by Crippen LogP contribution is -2.26. The highest BCUT2D eigenvalue weighted by atomic mass is 16.3. The Morgan fingerprint density at radius 1 is 0.344 bits per heavy atom. The summed E-state index contributed by atoms with van der Waals surface area (Å²) in [6.07, 6.45) is 0. The molecule has 0 saturated carbocycles. The number of hydrogen-bond acceptors (Lipinski definition) is 7. The molecule has 0 aliphatic carbocycles. The van der Waals surface area contributed by atoms with Crippen LogP contribution in [0.1, 0.15) is 41.0 Å². The molecule has 1 unspecified atom stereocenters. The van der Waals surface area contributed by atoms with Gasteiger partial charge in [0.15, 0.2) is 0 Å². The second-order valence-corrected chi connectivity index (χ2v) is 23.6. The number of para-hydroxylation sites is 8. The van der Waals surface area contributed by atoms with Crippen molar-refractivity contribution in [1.29, 1.82) is 10.5 Å². The van der Waals surface area contributed by atoms with Gasteiger partial charge in [-0.15, -0.1) is 0 Å². The van der Waals surface area contributed by atoms with Crippen LogP contribution in [0.2, 0.25) is 0 Å². The maximum absolute atomic E-state index is 13.0. The van der Waals surface area contributed by atoms with Crippen LogP contribution >= 0.6 is 0 Å². The van der Waals surface area contributed by atoms with Crippen molar-refractivity contribution in [2.24, 2.45) is 0 Å². The molecule has 12 aromatic carbocycles. The van der Waals surface area contributed by atoms with Gasteiger partial charge in [0.1, 0.15) is 68.1 Å². The van der Waals surface area contributed by atoms with Crippen molar-refractivity contribution in [2.45, 2.75) is 13.0 Å². The van der Waals surface area contributed by atoms with Gasteiger partial charge in [0, 0.05) is 76.2 Å². The van der Waals surface area contributed by atoms with E-state index in [1.165, 1.54) is 0 Å². The lowest BCUT2D eigenvalue weighted by Gasteiger charge is -2.37. The molecule has 0 amide bonds. The molecular weight excluding hydrogens is 1110 g/mol. The molecule has 1 atom stereocenters. The summed E-state index contributed by atoms with van der Waals surface area (Å²) in [6, 6.07) is 84.1. The number of aromatic nitrogens is 3. The summed E-state index contributed by atoms with van der Waals surface area (Å²) >= 11 is 0. The van der Waals surface area contributed by atoms with E-state index >= 15 is 0 Å². The third kappa shape index (κ3) is 6.08. The Labute approximate surface area is 510 Å². The minimum absolute atomic E-state index is 0.260. The topological polar surface area (TPSA) is 118 Å². The van der Waals surface area contributed by atoms with Crippen molar-refractivity contribution in [3.8, 4) is 29.2 Å². The lowest BCUT2D eigenvalue weighted by molar-refractivity contribution is 0.590. The molecule has 1 aliphatic heterocycles. The van der Waals surface area contributed by atoms with Crippen LogP contribution in [-0.2, 0) is 0 Å². The van der Waals surface area contributed by atoms with E-state index in [9.17, 15) is 10.5 Å². The molecule has 0 fully saturated rings. The molecule has 0 saturated heterocycles. The summed E-state index contributed by atoms with van der Waals surface area (Å²) in [4.78, 5) is 2.36. The molecule has 20 rings (SSSR count). The number of anilines is 2. The number of benzene rings is 12. The third-order valence-corrected chi connectivity index (χ3v) is 19.3. The van der Waals surface area contributed by atoms with Crippen molar-refractivity contribution in [2.75, 3.05) is 4.90 Å². The minimum atomic E-state index is -0.551. The van der Waals surface area contributed by atoms with Gasteiger partial charge in [0.05, 0.1) is 78.1 Å². The quantitative estimate of drug-likeness (QED) is 0.172. The Morgan fingerprint density at radius 2 is 0.700 bits per heavy atom. The van der Waals surface area contributed by atoms with Crippen molar-refractivity contribution in [1.82, 2.24) is 13.7 Å². The predicted octanol–water partition coefficient (Wildman–Crippen LogP) is 21.4. The van der Waals surface area contributed by atoms with E-state index in [2.05, 4.69) is 177 Å². The molecule has 0 spiro atoms. The number of furan rings is 4. The summed E-state index contributed by atoms with van der Waals surface area (Å²) in [5.41, 5.74) is 15.8. The van der Waals surface area contributed by atoms with E-state index in [4.69, 9.17) is 24.2 Å². The molecule has 10 heteroatoms. The minimum Gasteiger partial charge on any atom is -0.456 e. The summed E-state index contributed by atoms with van der Waals surface area (Å²) in [7, 11) is 0. The zero-order chi connectivity index (χ0) is 59.4. The molecule has 0 bridgehead atoms. The van der Waals surface area contributed by atoms with Gasteiger partial charge in [-0.25, -0.2) is 0 Å². The zero-order valence-corrected chi connectivity index (χ0v) is 48.0. The van der Waals surface area contributed by atoms with Crippen molar-refractivity contribution >= 4 is 159 Å². The second-order valence-electron chi connectivity index (χ2n) is 23.6. The zero-order valence-electron chi connectivity index (χ0n) is 48.0. The van der Waals surface area contributed by atoms with Crippen LogP contribution in [0.5, 0.6) is 0 Å². The van der Waals surface area contributed by atoms with Crippen LogP contribution in [0.25, 0.3) is 165 Å². The smallest absolute Gasteiger partial charge is 0.145 e. The number of hydrogen-bond donors (Lipinski definition) is 0. The Balaban J connectivity index is 1.07. The number of rotatable bonds is 4. The first-order valence-corrected chi connectivity index (χ1v) is 30.1. The van der Waals surface area contributed by atoms with Gasteiger partial charge in [0.2, 0.25) is 0 Å². The van der Waals surface area contributed by atoms with Gasteiger partial charge < -0.3 is 36.3 Å². The molecule has 418 valence electrons. The Morgan fingerprint density at radius 3 is 1.13 bits per heavy atom. The van der Waals surface area contributed by atoms with Gasteiger partial charge >= 0.3 is 0 Å². The van der Waals surface area contributed by atoms with Crippen molar-refractivity contribution in [3.63, 3.8) is 0 Å². The van der Waals surface area contributed by atoms with Crippen LogP contribution < -0.4 is 4.90 Å². The molecule has 19 aromatic rings. The van der Waals surface area contributed by atoms with Crippen molar-refractivity contribution < 1.29 is 17.7 Å². The van der Waals surface area contributed by atoms with Crippen LogP contribution in [0.15, 0.2) is 255 Å². The summed E-state index contributed by atoms with van der Waals surface area (Å²) in [5.74, 6) is 0.662. The molecule has 0 N–H and O–H groups in total. The predicted molar refractivity (Wildman–Crippen MR) is 362 cm³/mol. The number of nitriles is 2. The molecule has 0 radical (unpaired) electrons. The fraction of sp³-hybridized carbons (Fsp3) is 0.0250. The fourth-order valence-electron chi connectivity index (χ4n) is 15.6. The summed E-state index contributed by atoms with van der Waals surface area (Å²) in [6.45, 7) is 7.06. The Kier molecular flexibility index (Phi) is 9.51. The van der Waals surface area contributed by atoms with E-state index in [-0.39, 0.29) is 11.1 Å². The first-order chi connectivity index (χ1) is 44.5. The van der Waals surface area contributed by atoms with Crippen LogP contribution in [0.4, 0.5) is 11.4 Å². The number of fused-ring (bicyclic) bond motifs is 25. The maximum atomic E-state index is 13.0. The average molecular weight is 1150 g/mol. The molecule has 1 aliphatic rings. The van der Waals surface area contributed by atoms with Gasteiger partial charge in [0.25, 0.3) is 0 Å².